The zero-order valence-electron chi connectivity index (χ0n) is 13.2. The van der Waals surface area contributed by atoms with Crippen molar-refractivity contribution in [3.05, 3.63) is 29.3 Å². The number of aryl methyl sites for hydroxylation is 1. The number of hydrogen-bond acceptors (Lipinski definition) is 4. The van der Waals surface area contributed by atoms with E-state index in [1.54, 1.807) is 0 Å². The molecule has 2 unspecified atom stereocenters. The first kappa shape index (κ1) is 16.3. The van der Waals surface area contributed by atoms with Crippen molar-refractivity contribution in [1.82, 2.24) is 0 Å². The molecule has 2 rings (SSSR count). The summed E-state index contributed by atoms with van der Waals surface area (Å²) in [6.45, 7) is 6.73. The molecule has 0 bridgehead atoms. The summed E-state index contributed by atoms with van der Waals surface area (Å²) in [5.41, 5.74) is 9.71. The Hall–Kier alpha value is -1.07. The van der Waals surface area contributed by atoms with Crippen molar-refractivity contribution in [2.75, 3.05) is 23.0 Å². The lowest BCUT2D eigenvalue weighted by atomic mass is 9.99. The minimum atomic E-state index is -2.89. The second-order valence-corrected chi connectivity index (χ2v) is 8.39. The standard InChI is InChI=1S/C16H26N2O2S/c1-4-15(17)10-14-9-12(2)5-6-16(14)18-7-8-21(19,20)11-13(18)3/h5-6,9,13,15H,4,7-8,10-11,17H2,1-3H3. The molecule has 1 aromatic rings. The summed E-state index contributed by atoms with van der Waals surface area (Å²) in [7, 11) is -2.89. The van der Waals surface area contributed by atoms with E-state index in [1.165, 1.54) is 11.1 Å². The molecule has 0 amide bonds. The highest BCUT2D eigenvalue weighted by molar-refractivity contribution is 7.91. The maximum Gasteiger partial charge on any atom is 0.154 e. The van der Waals surface area contributed by atoms with E-state index in [0.717, 1.165) is 18.5 Å². The van der Waals surface area contributed by atoms with Gasteiger partial charge in [-0.15, -0.1) is 0 Å². The smallest absolute Gasteiger partial charge is 0.154 e. The number of nitrogens with two attached hydrogens (primary N) is 1. The topological polar surface area (TPSA) is 63.4 Å². The van der Waals surface area contributed by atoms with Gasteiger partial charge in [0, 0.05) is 24.3 Å². The van der Waals surface area contributed by atoms with Crippen LogP contribution in [0.15, 0.2) is 18.2 Å². The highest BCUT2D eigenvalue weighted by Crippen LogP contribution is 2.27. The Bertz CT molecular complexity index is 598. The normalized spacial score (nSPS) is 23.0. The highest BCUT2D eigenvalue weighted by atomic mass is 32.2. The predicted molar refractivity (Wildman–Crippen MR) is 88.6 cm³/mol. The van der Waals surface area contributed by atoms with Gasteiger partial charge in [-0.2, -0.15) is 0 Å². The minimum absolute atomic E-state index is 0.0167. The second kappa shape index (κ2) is 6.36. The molecule has 1 saturated heterocycles. The van der Waals surface area contributed by atoms with Crippen LogP contribution >= 0.6 is 0 Å². The third kappa shape index (κ3) is 3.98. The predicted octanol–water partition coefficient (Wildman–Crippen LogP) is 1.90. The molecule has 1 heterocycles. The van der Waals surface area contributed by atoms with E-state index in [2.05, 4.69) is 36.9 Å². The van der Waals surface area contributed by atoms with Crippen LogP contribution in [0.4, 0.5) is 5.69 Å². The molecule has 1 aliphatic rings. The summed E-state index contributed by atoms with van der Waals surface area (Å²) in [5, 5.41) is 0. The van der Waals surface area contributed by atoms with Crippen LogP contribution in [0.25, 0.3) is 0 Å². The van der Waals surface area contributed by atoms with Crippen LogP contribution in [-0.2, 0) is 16.3 Å². The monoisotopic (exact) mass is 310 g/mol. The van der Waals surface area contributed by atoms with Crippen LogP contribution in [-0.4, -0.2) is 38.6 Å². The quantitative estimate of drug-likeness (QED) is 0.922. The van der Waals surface area contributed by atoms with Gasteiger partial charge in [0.15, 0.2) is 9.84 Å². The lowest BCUT2D eigenvalue weighted by Crippen LogP contribution is -2.47. The molecule has 0 saturated carbocycles. The maximum absolute atomic E-state index is 11.8. The van der Waals surface area contributed by atoms with Gasteiger partial charge >= 0.3 is 0 Å². The number of rotatable bonds is 4. The van der Waals surface area contributed by atoms with Crippen LogP contribution in [0.3, 0.4) is 0 Å². The molecule has 0 spiro atoms. The van der Waals surface area contributed by atoms with Crippen molar-refractivity contribution in [2.45, 2.75) is 45.7 Å². The molecule has 4 nitrogen and oxygen atoms in total. The van der Waals surface area contributed by atoms with Crippen LogP contribution in [0.1, 0.15) is 31.4 Å². The Labute approximate surface area is 128 Å². The molecule has 5 heteroatoms. The summed E-state index contributed by atoms with van der Waals surface area (Å²) in [6, 6.07) is 6.55. The van der Waals surface area contributed by atoms with E-state index < -0.39 is 9.84 Å². The molecule has 0 aliphatic carbocycles. The summed E-state index contributed by atoms with van der Waals surface area (Å²) in [5.74, 6) is 0.477. The molecule has 2 atom stereocenters. The fraction of sp³-hybridized carbons (Fsp3) is 0.625. The molecule has 1 fully saturated rings. The largest absolute Gasteiger partial charge is 0.367 e. The van der Waals surface area contributed by atoms with Gasteiger partial charge in [-0.3, -0.25) is 0 Å². The first-order chi connectivity index (χ1) is 9.82. The van der Waals surface area contributed by atoms with Crippen molar-refractivity contribution >= 4 is 15.5 Å². The molecule has 0 aromatic heterocycles. The molecule has 1 aromatic carbocycles. The highest BCUT2D eigenvalue weighted by Gasteiger charge is 2.29. The number of anilines is 1. The van der Waals surface area contributed by atoms with E-state index in [9.17, 15) is 8.42 Å². The van der Waals surface area contributed by atoms with Crippen molar-refractivity contribution in [3.63, 3.8) is 0 Å². The molecular formula is C16H26N2O2S. The second-order valence-electron chi connectivity index (χ2n) is 6.16. The van der Waals surface area contributed by atoms with Gasteiger partial charge in [0.05, 0.1) is 11.5 Å². The van der Waals surface area contributed by atoms with E-state index >= 15 is 0 Å². The fourth-order valence-corrected chi connectivity index (χ4v) is 4.50. The summed E-state index contributed by atoms with van der Waals surface area (Å²) >= 11 is 0. The number of nitrogens with zero attached hydrogens (tertiary/aromatic N) is 1. The van der Waals surface area contributed by atoms with Gasteiger partial charge in [-0.1, -0.05) is 24.6 Å². The van der Waals surface area contributed by atoms with Crippen molar-refractivity contribution < 1.29 is 8.42 Å². The first-order valence-electron chi connectivity index (χ1n) is 7.64. The van der Waals surface area contributed by atoms with Crippen LogP contribution < -0.4 is 10.6 Å². The van der Waals surface area contributed by atoms with Crippen LogP contribution in [0.5, 0.6) is 0 Å². The number of benzene rings is 1. The number of sulfone groups is 1. The summed E-state index contributed by atoms with van der Waals surface area (Å²) < 4.78 is 23.5. The maximum atomic E-state index is 11.8. The number of hydrogen-bond donors (Lipinski definition) is 1. The Kier molecular flexibility index (Phi) is 4.94. The Morgan fingerprint density at radius 2 is 2.14 bits per heavy atom. The third-order valence-corrected chi connectivity index (χ3v) is 6.02. The lowest BCUT2D eigenvalue weighted by Gasteiger charge is -2.36. The molecule has 2 N–H and O–H groups in total. The fourth-order valence-electron chi connectivity index (χ4n) is 2.94. The lowest BCUT2D eigenvalue weighted by molar-refractivity contribution is 0.566. The van der Waals surface area contributed by atoms with E-state index in [0.29, 0.717) is 6.54 Å². The molecular weight excluding hydrogens is 284 g/mol. The zero-order valence-corrected chi connectivity index (χ0v) is 14.0. The van der Waals surface area contributed by atoms with Gasteiger partial charge in [0.25, 0.3) is 0 Å². The minimum Gasteiger partial charge on any atom is -0.367 e. The summed E-state index contributed by atoms with van der Waals surface area (Å²) in [4.78, 5) is 2.22. The van der Waals surface area contributed by atoms with E-state index in [4.69, 9.17) is 5.73 Å². The molecule has 118 valence electrons. The van der Waals surface area contributed by atoms with Gasteiger partial charge in [-0.05, 0) is 38.3 Å². The van der Waals surface area contributed by atoms with Crippen LogP contribution in [0.2, 0.25) is 0 Å². The third-order valence-electron chi connectivity index (χ3n) is 4.22. The Morgan fingerprint density at radius 3 is 2.76 bits per heavy atom. The van der Waals surface area contributed by atoms with Gasteiger partial charge in [-0.25, -0.2) is 8.42 Å². The van der Waals surface area contributed by atoms with Crippen molar-refractivity contribution in [3.8, 4) is 0 Å². The van der Waals surface area contributed by atoms with Crippen LogP contribution in [0, 0.1) is 6.92 Å². The average molecular weight is 310 g/mol. The van der Waals surface area contributed by atoms with Crippen molar-refractivity contribution in [1.29, 1.82) is 0 Å². The summed E-state index contributed by atoms with van der Waals surface area (Å²) in [6.07, 6.45) is 1.78. The average Bonchev–Trinajstić information content (AvgIpc) is 2.39. The molecule has 1 aliphatic heterocycles. The van der Waals surface area contributed by atoms with E-state index in [1.807, 2.05) is 6.92 Å². The Morgan fingerprint density at radius 1 is 1.43 bits per heavy atom. The zero-order chi connectivity index (χ0) is 15.6. The van der Waals surface area contributed by atoms with Gasteiger partial charge < -0.3 is 10.6 Å². The molecule has 0 radical (unpaired) electrons. The SMILES string of the molecule is CCC(N)Cc1cc(C)ccc1N1CCS(=O)(=O)CC1C. The van der Waals surface area contributed by atoms with Gasteiger partial charge in [0.1, 0.15) is 0 Å². The Balaban J connectivity index is 2.30. The molecule has 21 heavy (non-hydrogen) atoms. The van der Waals surface area contributed by atoms with Crippen molar-refractivity contribution in [2.24, 2.45) is 5.73 Å². The van der Waals surface area contributed by atoms with E-state index in [-0.39, 0.29) is 23.6 Å². The van der Waals surface area contributed by atoms with Gasteiger partial charge in [0.2, 0.25) is 0 Å². The first-order valence-corrected chi connectivity index (χ1v) is 9.46.